The molecule has 1 unspecified atom stereocenters. The van der Waals surface area contributed by atoms with Crippen LogP contribution in [0.2, 0.25) is 0 Å². The van der Waals surface area contributed by atoms with Gasteiger partial charge in [-0.1, -0.05) is 30.3 Å². The van der Waals surface area contributed by atoms with E-state index in [9.17, 15) is 15.0 Å². The Morgan fingerprint density at radius 1 is 1.21 bits per heavy atom. The van der Waals surface area contributed by atoms with E-state index in [1.807, 2.05) is 30.3 Å². The van der Waals surface area contributed by atoms with Gasteiger partial charge in [0.25, 0.3) is 0 Å². The first-order chi connectivity index (χ1) is 9.15. The van der Waals surface area contributed by atoms with Crippen LogP contribution in [0.25, 0.3) is 0 Å². The Bertz CT molecular complexity index is 409. The van der Waals surface area contributed by atoms with Crippen LogP contribution >= 0.6 is 0 Å². The molecule has 19 heavy (non-hydrogen) atoms. The Hall–Kier alpha value is -1.59. The van der Waals surface area contributed by atoms with Crippen molar-refractivity contribution in [3.8, 4) is 0 Å². The van der Waals surface area contributed by atoms with Crippen molar-refractivity contribution in [1.82, 2.24) is 5.32 Å². The maximum Gasteiger partial charge on any atom is 0.407 e. The van der Waals surface area contributed by atoms with Gasteiger partial charge in [-0.2, -0.15) is 0 Å². The number of ether oxygens (including phenoxy) is 1. The summed E-state index contributed by atoms with van der Waals surface area (Å²) >= 11 is 0. The third-order valence-electron chi connectivity index (χ3n) is 3.32. The lowest BCUT2D eigenvalue weighted by Crippen LogP contribution is -2.44. The Morgan fingerprint density at radius 3 is 2.63 bits per heavy atom. The largest absolute Gasteiger partial charge is 0.445 e. The highest BCUT2D eigenvalue weighted by Gasteiger charge is 2.28. The number of hydrogen-bond acceptors (Lipinski definition) is 4. The van der Waals surface area contributed by atoms with Crippen LogP contribution in [-0.2, 0) is 11.3 Å². The fourth-order valence-corrected chi connectivity index (χ4v) is 2.19. The molecule has 0 radical (unpaired) electrons. The summed E-state index contributed by atoms with van der Waals surface area (Å²) in [5.41, 5.74) is 0.928. The predicted octanol–water partition coefficient (Wildman–Crippen LogP) is 1.19. The highest BCUT2D eigenvalue weighted by Crippen LogP contribution is 2.19. The van der Waals surface area contributed by atoms with Crippen molar-refractivity contribution in [1.29, 1.82) is 0 Å². The Balaban J connectivity index is 1.73. The topological polar surface area (TPSA) is 78.8 Å². The lowest BCUT2D eigenvalue weighted by molar-refractivity contribution is -0.0181. The summed E-state index contributed by atoms with van der Waals surface area (Å²) in [4.78, 5) is 11.6. The molecule has 0 aromatic heterocycles. The lowest BCUT2D eigenvalue weighted by atomic mass is 9.91. The summed E-state index contributed by atoms with van der Waals surface area (Å²) in [6.45, 7) is 0.227. The molecule has 1 amide bonds. The van der Waals surface area contributed by atoms with Gasteiger partial charge in [0, 0.05) is 6.04 Å². The second-order valence-corrected chi connectivity index (χ2v) is 4.85. The Morgan fingerprint density at radius 2 is 1.95 bits per heavy atom. The second kappa shape index (κ2) is 6.54. The number of rotatable bonds is 3. The molecule has 5 heteroatoms. The molecule has 0 aliphatic heterocycles. The van der Waals surface area contributed by atoms with Gasteiger partial charge >= 0.3 is 6.09 Å². The third-order valence-corrected chi connectivity index (χ3v) is 3.32. The Labute approximate surface area is 112 Å². The first-order valence-electron chi connectivity index (χ1n) is 6.48. The number of amides is 1. The fraction of sp³-hybridized carbons (Fsp3) is 0.500. The van der Waals surface area contributed by atoms with Gasteiger partial charge in [-0.3, -0.25) is 0 Å². The van der Waals surface area contributed by atoms with Gasteiger partial charge in [0.1, 0.15) is 6.61 Å². The van der Waals surface area contributed by atoms with E-state index in [0.717, 1.165) is 5.56 Å². The molecular weight excluding hydrogens is 246 g/mol. The molecule has 1 aromatic carbocycles. The van der Waals surface area contributed by atoms with Crippen LogP contribution in [0.15, 0.2) is 30.3 Å². The van der Waals surface area contributed by atoms with Crippen molar-refractivity contribution in [2.45, 2.75) is 44.1 Å². The molecule has 0 bridgehead atoms. The zero-order valence-electron chi connectivity index (χ0n) is 10.7. The minimum atomic E-state index is -0.770. The number of nitrogens with one attached hydrogen (secondary N) is 1. The van der Waals surface area contributed by atoms with Crippen molar-refractivity contribution in [2.24, 2.45) is 0 Å². The maximum atomic E-state index is 11.6. The molecule has 1 aromatic rings. The highest BCUT2D eigenvalue weighted by atomic mass is 16.5. The molecule has 0 spiro atoms. The highest BCUT2D eigenvalue weighted by molar-refractivity contribution is 5.67. The van der Waals surface area contributed by atoms with E-state index in [0.29, 0.717) is 19.3 Å². The van der Waals surface area contributed by atoms with Crippen LogP contribution < -0.4 is 5.32 Å². The monoisotopic (exact) mass is 265 g/mol. The molecule has 5 nitrogen and oxygen atoms in total. The molecule has 1 aliphatic rings. The first kappa shape index (κ1) is 13.8. The quantitative estimate of drug-likeness (QED) is 0.767. The number of aliphatic hydroxyl groups is 2. The molecular formula is C14H19NO4. The normalized spacial score (nSPS) is 26.7. The molecule has 3 atom stereocenters. The van der Waals surface area contributed by atoms with E-state index in [1.54, 1.807) is 0 Å². The van der Waals surface area contributed by atoms with Gasteiger partial charge in [0.15, 0.2) is 0 Å². The molecule has 3 N–H and O–H groups in total. The van der Waals surface area contributed by atoms with Crippen molar-refractivity contribution in [3.05, 3.63) is 35.9 Å². The molecule has 0 heterocycles. The van der Waals surface area contributed by atoms with Crippen molar-refractivity contribution in [2.75, 3.05) is 0 Å². The second-order valence-electron chi connectivity index (χ2n) is 4.85. The summed E-state index contributed by atoms with van der Waals surface area (Å²) in [7, 11) is 0. The SMILES string of the molecule is O=C(NC1CC[C@H](O)[C@H](O)C1)OCc1ccccc1. The number of benzene rings is 1. The van der Waals surface area contributed by atoms with Gasteiger partial charge in [-0.05, 0) is 24.8 Å². The molecule has 1 fully saturated rings. The molecule has 2 rings (SSSR count). The van der Waals surface area contributed by atoms with E-state index >= 15 is 0 Å². The van der Waals surface area contributed by atoms with Gasteiger partial charge < -0.3 is 20.3 Å². The standard InChI is InChI=1S/C14H19NO4/c16-12-7-6-11(8-13(12)17)15-14(18)19-9-10-4-2-1-3-5-10/h1-5,11-13,16-17H,6-9H2,(H,15,18)/t11?,12-,13+/m0/s1. The summed E-state index contributed by atoms with van der Waals surface area (Å²) < 4.78 is 5.10. The average Bonchev–Trinajstić information content (AvgIpc) is 2.42. The number of alkyl carbamates (subject to hydrolysis) is 1. The number of aliphatic hydroxyl groups excluding tert-OH is 2. The van der Waals surface area contributed by atoms with Gasteiger partial charge in [-0.25, -0.2) is 4.79 Å². The van der Waals surface area contributed by atoms with Gasteiger partial charge in [0.05, 0.1) is 12.2 Å². The third kappa shape index (κ3) is 4.22. The number of hydrogen-bond donors (Lipinski definition) is 3. The Kier molecular flexibility index (Phi) is 4.76. The number of carbonyl (C=O) groups is 1. The van der Waals surface area contributed by atoms with Gasteiger partial charge in [-0.15, -0.1) is 0 Å². The first-order valence-corrected chi connectivity index (χ1v) is 6.48. The minimum absolute atomic E-state index is 0.137. The van der Waals surface area contributed by atoms with E-state index in [4.69, 9.17) is 4.74 Å². The van der Waals surface area contributed by atoms with Crippen LogP contribution in [0.5, 0.6) is 0 Å². The number of carbonyl (C=O) groups excluding carboxylic acids is 1. The zero-order chi connectivity index (χ0) is 13.7. The smallest absolute Gasteiger partial charge is 0.407 e. The van der Waals surface area contributed by atoms with E-state index in [-0.39, 0.29) is 12.6 Å². The summed E-state index contributed by atoms with van der Waals surface area (Å²) in [5, 5.41) is 21.6. The predicted molar refractivity (Wildman–Crippen MR) is 69.4 cm³/mol. The summed E-state index contributed by atoms with van der Waals surface area (Å²) in [6, 6.07) is 9.30. The lowest BCUT2D eigenvalue weighted by Gasteiger charge is -2.30. The van der Waals surface area contributed by atoms with Crippen molar-refractivity contribution in [3.63, 3.8) is 0 Å². The van der Waals surface area contributed by atoms with Crippen LogP contribution in [0.3, 0.4) is 0 Å². The van der Waals surface area contributed by atoms with Crippen LogP contribution in [0.4, 0.5) is 4.79 Å². The summed E-state index contributed by atoms with van der Waals surface area (Å²) in [6.07, 6.45) is -0.436. The van der Waals surface area contributed by atoms with Crippen molar-refractivity contribution >= 4 is 6.09 Å². The summed E-state index contributed by atoms with van der Waals surface area (Å²) in [5.74, 6) is 0. The molecule has 1 aliphatic carbocycles. The van der Waals surface area contributed by atoms with Crippen molar-refractivity contribution < 1.29 is 19.7 Å². The minimum Gasteiger partial charge on any atom is -0.445 e. The molecule has 1 saturated carbocycles. The average molecular weight is 265 g/mol. The van der Waals surface area contributed by atoms with Crippen LogP contribution in [0, 0.1) is 0 Å². The maximum absolute atomic E-state index is 11.6. The zero-order valence-corrected chi connectivity index (χ0v) is 10.7. The van der Waals surface area contributed by atoms with E-state index in [2.05, 4.69) is 5.32 Å². The molecule has 0 saturated heterocycles. The van der Waals surface area contributed by atoms with Gasteiger partial charge in [0.2, 0.25) is 0 Å². The molecule has 104 valence electrons. The van der Waals surface area contributed by atoms with E-state index < -0.39 is 18.3 Å². The van der Waals surface area contributed by atoms with Crippen LogP contribution in [-0.4, -0.2) is 34.6 Å². The van der Waals surface area contributed by atoms with Crippen LogP contribution in [0.1, 0.15) is 24.8 Å². The van der Waals surface area contributed by atoms with E-state index in [1.165, 1.54) is 0 Å². The fourth-order valence-electron chi connectivity index (χ4n) is 2.19.